The molecule has 0 unspecified atom stereocenters. The molecule has 1 aromatic carbocycles. The lowest BCUT2D eigenvalue weighted by Crippen LogP contribution is -2.09. The van der Waals surface area contributed by atoms with Gasteiger partial charge < -0.3 is 0 Å². The molecule has 0 atom stereocenters. The van der Waals surface area contributed by atoms with Crippen molar-refractivity contribution < 1.29 is 13.2 Å². The van der Waals surface area contributed by atoms with Crippen molar-refractivity contribution in [2.45, 2.75) is 30.6 Å². The van der Waals surface area contributed by atoms with Gasteiger partial charge in [-0.15, -0.1) is 0 Å². The second-order valence-corrected chi connectivity index (χ2v) is 7.22. The smallest absolute Gasteiger partial charge is 0.252 e. The van der Waals surface area contributed by atoms with Crippen molar-refractivity contribution in [3.05, 3.63) is 41.0 Å². The van der Waals surface area contributed by atoms with Crippen LogP contribution in [0.25, 0.3) is 0 Å². The predicted molar refractivity (Wildman–Crippen MR) is 75.6 cm³/mol. The highest BCUT2D eigenvalue weighted by molar-refractivity contribution is 7.90. The molecule has 0 saturated heterocycles. The zero-order valence-corrected chi connectivity index (χ0v) is 12.4. The number of rotatable bonds is 3. The Morgan fingerprint density at radius 1 is 1.26 bits per heavy atom. The van der Waals surface area contributed by atoms with Crippen LogP contribution in [0.15, 0.2) is 29.2 Å². The summed E-state index contributed by atoms with van der Waals surface area (Å²) in [7, 11) is -3.38. The lowest BCUT2D eigenvalue weighted by atomic mass is 9.93. The molecular formula is C14H15ClO3S. The molecule has 5 heteroatoms. The van der Waals surface area contributed by atoms with Crippen LogP contribution in [-0.4, -0.2) is 19.9 Å². The summed E-state index contributed by atoms with van der Waals surface area (Å²) in [5, 5.41) is -0.626. The molecule has 1 aliphatic rings. The van der Waals surface area contributed by atoms with Crippen molar-refractivity contribution in [3.8, 4) is 0 Å². The van der Waals surface area contributed by atoms with Gasteiger partial charge in [0, 0.05) is 11.8 Å². The Morgan fingerprint density at radius 2 is 1.84 bits per heavy atom. The van der Waals surface area contributed by atoms with Crippen LogP contribution in [0.1, 0.15) is 40.2 Å². The Labute approximate surface area is 118 Å². The predicted octanol–water partition coefficient (Wildman–Crippen LogP) is 3.21. The van der Waals surface area contributed by atoms with Gasteiger partial charge in [0.25, 0.3) is 5.24 Å². The topological polar surface area (TPSA) is 51.2 Å². The third-order valence-corrected chi connectivity index (χ3v) is 4.77. The van der Waals surface area contributed by atoms with E-state index in [0.717, 1.165) is 24.7 Å². The highest BCUT2D eigenvalue weighted by Gasteiger charge is 2.24. The first-order valence-electron chi connectivity index (χ1n) is 6.00. The SMILES string of the molecule is Cc1cc(C2CC=CC2)c(S(C)(=O)=O)cc1C(=O)Cl. The van der Waals surface area contributed by atoms with Gasteiger partial charge in [-0.2, -0.15) is 0 Å². The maximum atomic E-state index is 11.9. The summed E-state index contributed by atoms with van der Waals surface area (Å²) in [4.78, 5) is 11.6. The van der Waals surface area contributed by atoms with Crippen LogP contribution >= 0.6 is 11.6 Å². The summed E-state index contributed by atoms with van der Waals surface area (Å²) in [5.41, 5.74) is 1.76. The fourth-order valence-electron chi connectivity index (χ4n) is 2.43. The number of sulfone groups is 1. The van der Waals surface area contributed by atoms with E-state index in [4.69, 9.17) is 11.6 Å². The highest BCUT2D eigenvalue weighted by atomic mass is 35.5. The first kappa shape index (κ1) is 14.3. The van der Waals surface area contributed by atoms with Crippen molar-refractivity contribution >= 4 is 26.7 Å². The van der Waals surface area contributed by atoms with E-state index >= 15 is 0 Å². The summed E-state index contributed by atoms with van der Waals surface area (Å²) >= 11 is 5.50. The zero-order valence-electron chi connectivity index (χ0n) is 10.8. The monoisotopic (exact) mass is 298 g/mol. The molecular weight excluding hydrogens is 284 g/mol. The summed E-state index contributed by atoms with van der Waals surface area (Å²) in [6.45, 7) is 1.77. The Hall–Kier alpha value is -1.13. The third kappa shape index (κ3) is 2.90. The summed E-state index contributed by atoms with van der Waals surface area (Å²) < 4.78 is 23.8. The molecule has 0 radical (unpaired) electrons. The van der Waals surface area contributed by atoms with Crippen LogP contribution in [0, 0.1) is 6.92 Å². The first-order valence-corrected chi connectivity index (χ1v) is 8.27. The van der Waals surface area contributed by atoms with Gasteiger partial charge in [0.15, 0.2) is 9.84 Å². The minimum absolute atomic E-state index is 0.169. The van der Waals surface area contributed by atoms with Gasteiger partial charge in [-0.1, -0.05) is 18.2 Å². The van der Waals surface area contributed by atoms with Crippen LogP contribution in [-0.2, 0) is 9.84 Å². The number of halogens is 1. The molecule has 0 saturated carbocycles. The van der Waals surface area contributed by atoms with E-state index in [1.165, 1.54) is 6.07 Å². The summed E-state index contributed by atoms with van der Waals surface area (Å²) in [6.07, 6.45) is 6.91. The fourth-order valence-corrected chi connectivity index (χ4v) is 3.62. The zero-order chi connectivity index (χ0) is 14.2. The number of benzene rings is 1. The van der Waals surface area contributed by atoms with E-state index < -0.39 is 15.1 Å². The second kappa shape index (κ2) is 5.10. The quantitative estimate of drug-likeness (QED) is 0.636. The van der Waals surface area contributed by atoms with E-state index in [1.807, 2.05) is 12.2 Å². The van der Waals surface area contributed by atoms with Crippen LogP contribution in [0.4, 0.5) is 0 Å². The molecule has 0 fully saturated rings. The molecule has 19 heavy (non-hydrogen) atoms. The standard InChI is InChI=1S/C14H15ClO3S/c1-9-7-12(10-5-3-4-6-10)13(19(2,17)18)8-11(9)14(15)16/h3-4,7-8,10H,5-6H2,1-2H3. The molecule has 3 nitrogen and oxygen atoms in total. The molecule has 2 rings (SSSR count). The van der Waals surface area contributed by atoms with Crippen LogP contribution in [0.3, 0.4) is 0 Å². The molecule has 0 heterocycles. The Morgan fingerprint density at radius 3 is 2.32 bits per heavy atom. The Balaban J connectivity index is 2.65. The molecule has 0 bridgehead atoms. The normalized spacial score (nSPS) is 15.9. The molecule has 0 N–H and O–H groups in total. The molecule has 1 aliphatic carbocycles. The van der Waals surface area contributed by atoms with E-state index in [0.29, 0.717) is 5.56 Å². The van der Waals surface area contributed by atoms with Crippen molar-refractivity contribution in [1.82, 2.24) is 0 Å². The van der Waals surface area contributed by atoms with E-state index in [1.54, 1.807) is 13.0 Å². The maximum absolute atomic E-state index is 11.9. The number of aryl methyl sites for hydroxylation is 1. The lowest BCUT2D eigenvalue weighted by molar-refractivity contribution is 0.108. The molecule has 1 aromatic rings. The van der Waals surface area contributed by atoms with Gasteiger partial charge in [-0.3, -0.25) is 4.79 Å². The summed E-state index contributed by atoms with van der Waals surface area (Å²) in [5.74, 6) is 0.169. The van der Waals surface area contributed by atoms with Crippen molar-refractivity contribution in [1.29, 1.82) is 0 Å². The third-order valence-electron chi connectivity index (χ3n) is 3.42. The number of carbonyl (C=O) groups excluding carboxylic acids is 1. The van der Waals surface area contributed by atoms with Crippen LogP contribution < -0.4 is 0 Å². The van der Waals surface area contributed by atoms with E-state index in [-0.39, 0.29) is 16.4 Å². The minimum Gasteiger partial charge on any atom is -0.276 e. The molecule has 102 valence electrons. The molecule has 0 amide bonds. The van der Waals surface area contributed by atoms with Crippen LogP contribution in [0.2, 0.25) is 0 Å². The molecule has 0 spiro atoms. The highest BCUT2D eigenvalue weighted by Crippen LogP contribution is 2.35. The average Bonchev–Trinajstić information content (AvgIpc) is 2.79. The van der Waals surface area contributed by atoms with Gasteiger partial charge in [0.05, 0.1) is 4.90 Å². The number of hydrogen-bond acceptors (Lipinski definition) is 3. The van der Waals surface area contributed by atoms with Gasteiger partial charge >= 0.3 is 0 Å². The van der Waals surface area contributed by atoms with Gasteiger partial charge in [0.2, 0.25) is 0 Å². The van der Waals surface area contributed by atoms with Crippen molar-refractivity contribution in [2.75, 3.05) is 6.26 Å². The van der Waals surface area contributed by atoms with Gasteiger partial charge in [-0.25, -0.2) is 8.42 Å². The fraction of sp³-hybridized carbons (Fsp3) is 0.357. The molecule has 0 aromatic heterocycles. The first-order chi connectivity index (χ1) is 8.80. The molecule has 0 aliphatic heterocycles. The lowest BCUT2D eigenvalue weighted by Gasteiger charge is -2.16. The van der Waals surface area contributed by atoms with Gasteiger partial charge in [-0.05, 0) is 54.5 Å². The average molecular weight is 299 g/mol. The number of allylic oxidation sites excluding steroid dienone is 2. The van der Waals surface area contributed by atoms with Gasteiger partial charge in [0.1, 0.15) is 0 Å². The van der Waals surface area contributed by atoms with E-state index in [9.17, 15) is 13.2 Å². The van der Waals surface area contributed by atoms with Crippen LogP contribution in [0.5, 0.6) is 0 Å². The minimum atomic E-state index is -3.38. The maximum Gasteiger partial charge on any atom is 0.252 e. The number of carbonyl (C=O) groups is 1. The van der Waals surface area contributed by atoms with E-state index in [2.05, 4.69) is 0 Å². The second-order valence-electron chi connectivity index (χ2n) is 4.89. The van der Waals surface area contributed by atoms with Crippen molar-refractivity contribution in [2.24, 2.45) is 0 Å². The number of hydrogen-bond donors (Lipinski definition) is 0. The van der Waals surface area contributed by atoms with Crippen molar-refractivity contribution in [3.63, 3.8) is 0 Å². The Bertz CT molecular complexity index is 652. The Kier molecular flexibility index (Phi) is 3.83. The largest absolute Gasteiger partial charge is 0.276 e. The summed E-state index contributed by atoms with van der Waals surface area (Å²) in [6, 6.07) is 3.19.